The summed E-state index contributed by atoms with van der Waals surface area (Å²) in [5.41, 5.74) is 1.13. The number of rotatable bonds is 7. The molecule has 2 heterocycles. The molecule has 2 saturated heterocycles. The van der Waals surface area contributed by atoms with Crippen molar-refractivity contribution in [3.8, 4) is 11.5 Å². The minimum absolute atomic E-state index is 0.369. The number of hydrogen-bond acceptors (Lipinski definition) is 5. The predicted molar refractivity (Wildman–Crippen MR) is 119 cm³/mol. The molecule has 0 aromatic heterocycles. The Morgan fingerprint density at radius 1 is 1.10 bits per heavy atom. The van der Waals surface area contributed by atoms with Crippen molar-refractivity contribution < 1.29 is 9.47 Å². The van der Waals surface area contributed by atoms with Crippen molar-refractivity contribution in [1.29, 1.82) is 0 Å². The highest BCUT2D eigenvalue weighted by Crippen LogP contribution is 2.30. The van der Waals surface area contributed by atoms with Gasteiger partial charge in [-0.2, -0.15) is 0 Å². The van der Waals surface area contributed by atoms with Crippen LogP contribution >= 0.6 is 0 Å². The highest BCUT2D eigenvalue weighted by Gasteiger charge is 2.24. The van der Waals surface area contributed by atoms with Crippen LogP contribution in [0.3, 0.4) is 0 Å². The molecule has 0 saturated carbocycles. The van der Waals surface area contributed by atoms with Gasteiger partial charge in [-0.25, -0.2) is 0 Å². The normalized spacial score (nSPS) is 23.2. The summed E-state index contributed by atoms with van der Waals surface area (Å²) >= 11 is 0. The van der Waals surface area contributed by atoms with Crippen LogP contribution in [-0.4, -0.2) is 77.4 Å². The fraction of sp³-hybridized carbons (Fsp3) is 0.682. The van der Waals surface area contributed by atoms with E-state index in [9.17, 15) is 0 Å². The Bertz CT molecular complexity index is 659. The molecule has 1 aromatic carbocycles. The van der Waals surface area contributed by atoms with Crippen LogP contribution in [0.2, 0.25) is 0 Å². The average molecular weight is 404 g/mol. The zero-order valence-corrected chi connectivity index (χ0v) is 18.4. The predicted octanol–water partition coefficient (Wildman–Crippen LogP) is 2.18. The van der Waals surface area contributed by atoms with E-state index in [2.05, 4.69) is 44.5 Å². The number of guanidine groups is 1. The molecule has 3 rings (SSSR count). The Balaban J connectivity index is 1.47. The summed E-state index contributed by atoms with van der Waals surface area (Å²) in [6.07, 6.45) is 3.76. The van der Waals surface area contributed by atoms with Crippen LogP contribution in [-0.2, 0) is 0 Å². The zero-order chi connectivity index (χ0) is 20.6. The molecule has 29 heavy (non-hydrogen) atoms. The van der Waals surface area contributed by atoms with Crippen molar-refractivity contribution in [2.45, 2.75) is 32.2 Å². The molecule has 2 fully saturated rings. The first-order chi connectivity index (χ1) is 14.1. The standard InChI is InChI=1S/C22H37N5O2/c1-17-6-5-9-26(15-17)11-8-24-22(23-2)25-18-7-10-27(16-18)19-12-20(28-3)14-21(13-19)29-4/h12-14,17-18H,5-11,15-16H2,1-4H3,(H2,23,24,25). The van der Waals surface area contributed by atoms with Crippen molar-refractivity contribution in [3.63, 3.8) is 0 Å². The maximum atomic E-state index is 5.41. The average Bonchev–Trinajstić information content (AvgIpc) is 3.21. The molecule has 162 valence electrons. The van der Waals surface area contributed by atoms with E-state index in [0.29, 0.717) is 6.04 Å². The second kappa shape index (κ2) is 10.6. The summed E-state index contributed by atoms with van der Waals surface area (Å²) < 4.78 is 10.8. The number of hydrogen-bond donors (Lipinski definition) is 2. The molecule has 2 aliphatic rings. The third-order valence-electron chi connectivity index (χ3n) is 5.92. The lowest BCUT2D eigenvalue weighted by molar-refractivity contribution is 0.187. The lowest BCUT2D eigenvalue weighted by atomic mass is 10.0. The SMILES string of the molecule is CN=C(NCCN1CCCC(C)C1)NC1CCN(c2cc(OC)cc(OC)c2)C1. The molecule has 2 N–H and O–H groups in total. The van der Waals surface area contributed by atoms with E-state index in [1.807, 2.05) is 13.1 Å². The fourth-order valence-corrected chi connectivity index (χ4v) is 4.30. The summed E-state index contributed by atoms with van der Waals surface area (Å²) in [7, 11) is 5.22. The van der Waals surface area contributed by atoms with Crippen molar-refractivity contribution in [3.05, 3.63) is 18.2 Å². The molecular formula is C22H37N5O2. The van der Waals surface area contributed by atoms with Crippen LogP contribution in [0, 0.1) is 5.92 Å². The minimum Gasteiger partial charge on any atom is -0.497 e. The van der Waals surface area contributed by atoms with Crippen LogP contribution in [0.25, 0.3) is 0 Å². The summed E-state index contributed by atoms with van der Waals surface area (Å²) in [6, 6.07) is 6.41. The Morgan fingerprint density at radius 2 is 1.86 bits per heavy atom. The molecule has 0 radical (unpaired) electrons. The summed E-state index contributed by atoms with van der Waals surface area (Å²) in [5, 5.41) is 7.07. The smallest absolute Gasteiger partial charge is 0.191 e. The largest absolute Gasteiger partial charge is 0.497 e. The first kappa shape index (κ1) is 21.6. The van der Waals surface area contributed by atoms with Crippen molar-refractivity contribution in [2.75, 3.05) is 65.4 Å². The molecule has 7 heteroatoms. The molecular weight excluding hydrogens is 366 g/mol. The van der Waals surface area contributed by atoms with Crippen LogP contribution in [0.15, 0.2) is 23.2 Å². The number of nitrogens with zero attached hydrogens (tertiary/aromatic N) is 3. The first-order valence-corrected chi connectivity index (χ1v) is 10.8. The quantitative estimate of drug-likeness (QED) is 0.538. The van der Waals surface area contributed by atoms with Gasteiger partial charge in [0.25, 0.3) is 0 Å². The number of nitrogens with one attached hydrogen (secondary N) is 2. The van der Waals surface area contributed by atoms with Gasteiger partial charge in [0.1, 0.15) is 11.5 Å². The van der Waals surface area contributed by atoms with E-state index in [0.717, 1.165) is 61.7 Å². The lowest BCUT2D eigenvalue weighted by Crippen LogP contribution is -2.47. The molecule has 0 aliphatic carbocycles. The third kappa shape index (κ3) is 6.16. The lowest BCUT2D eigenvalue weighted by Gasteiger charge is -2.31. The second-order valence-corrected chi connectivity index (χ2v) is 8.19. The van der Waals surface area contributed by atoms with Gasteiger partial charge in [-0.05, 0) is 31.7 Å². The van der Waals surface area contributed by atoms with E-state index >= 15 is 0 Å². The van der Waals surface area contributed by atoms with Gasteiger partial charge in [-0.3, -0.25) is 4.99 Å². The van der Waals surface area contributed by atoms with Gasteiger partial charge in [0.2, 0.25) is 0 Å². The van der Waals surface area contributed by atoms with E-state index < -0.39 is 0 Å². The Labute approximate surface area is 175 Å². The van der Waals surface area contributed by atoms with E-state index in [4.69, 9.17) is 9.47 Å². The van der Waals surface area contributed by atoms with Gasteiger partial charge < -0.3 is 29.9 Å². The number of likely N-dealkylation sites (tertiary alicyclic amines) is 1. The van der Waals surface area contributed by atoms with Gasteiger partial charge in [0, 0.05) is 69.7 Å². The molecule has 2 unspecified atom stereocenters. The van der Waals surface area contributed by atoms with Crippen molar-refractivity contribution in [2.24, 2.45) is 10.9 Å². The number of aliphatic imine (C=N–C) groups is 1. The first-order valence-electron chi connectivity index (χ1n) is 10.8. The van der Waals surface area contributed by atoms with Crippen molar-refractivity contribution in [1.82, 2.24) is 15.5 Å². The number of benzene rings is 1. The maximum Gasteiger partial charge on any atom is 0.191 e. The van der Waals surface area contributed by atoms with Gasteiger partial charge in [0.05, 0.1) is 14.2 Å². The van der Waals surface area contributed by atoms with Gasteiger partial charge in [-0.1, -0.05) is 6.92 Å². The Kier molecular flexibility index (Phi) is 7.86. The molecule has 2 aliphatic heterocycles. The van der Waals surface area contributed by atoms with Crippen molar-refractivity contribution >= 4 is 11.6 Å². The molecule has 0 amide bonds. The topological polar surface area (TPSA) is 61.4 Å². The van der Waals surface area contributed by atoms with Gasteiger partial charge >= 0.3 is 0 Å². The summed E-state index contributed by atoms with van der Waals surface area (Å²) in [5.74, 6) is 3.35. The number of ether oxygens (including phenoxy) is 2. The molecule has 2 atom stereocenters. The molecule has 0 bridgehead atoms. The van der Waals surface area contributed by atoms with Gasteiger partial charge in [0.15, 0.2) is 5.96 Å². The zero-order valence-electron chi connectivity index (χ0n) is 18.4. The number of methoxy groups -OCH3 is 2. The Hall–Kier alpha value is -2.15. The molecule has 0 spiro atoms. The Morgan fingerprint density at radius 3 is 2.52 bits per heavy atom. The maximum absolute atomic E-state index is 5.41. The monoisotopic (exact) mass is 403 g/mol. The summed E-state index contributed by atoms with van der Waals surface area (Å²) in [6.45, 7) is 8.72. The van der Waals surface area contributed by atoms with Crippen LogP contribution in [0.1, 0.15) is 26.2 Å². The fourth-order valence-electron chi connectivity index (χ4n) is 4.30. The van der Waals surface area contributed by atoms with E-state index in [1.165, 1.54) is 25.9 Å². The third-order valence-corrected chi connectivity index (χ3v) is 5.92. The minimum atomic E-state index is 0.369. The van der Waals surface area contributed by atoms with Gasteiger partial charge in [-0.15, -0.1) is 0 Å². The van der Waals surface area contributed by atoms with E-state index in [1.54, 1.807) is 14.2 Å². The highest BCUT2D eigenvalue weighted by molar-refractivity contribution is 5.80. The van der Waals surface area contributed by atoms with Crippen LogP contribution in [0.4, 0.5) is 5.69 Å². The number of anilines is 1. The summed E-state index contributed by atoms with van der Waals surface area (Å²) in [4.78, 5) is 9.34. The highest BCUT2D eigenvalue weighted by atomic mass is 16.5. The molecule has 1 aromatic rings. The molecule has 7 nitrogen and oxygen atoms in total. The second-order valence-electron chi connectivity index (χ2n) is 8.19. The van der Waals surface area contributed by atoms with E-state index in [-0.39, 0.29) is 0 Å². The van der Waals surface area contributed by atoms with Crippen LogP contribution in [0.5, 0.6) is 11.5 Å². The number of piperidine rings is 1. The van der Waals surface area contributed by atoms with Crippen LogP contribution < -0.4 is 25.0 Å².